The highest BCUT2D eigenvalue weighted by molar-refractivity contribution is 7.15. The molecule has 0 unspecified atom stereocenters. The number of hydrogen-bond acceptors (Lipinski definition) is 4. The monoisotopic (exact) mass is 313 g/mol. The Balaban J connectivity index is 1.79. The molecule has 1 fully saturated rings. The molecule has 4 rings (SSSR count). The number of fused-ring (bicyclic) bond motifs is 1. The van der Waals surface area contributed by atoms with Gasteiger partial charge in [0.1, 0.15) is 5.52 Å². The Hall–Kier alpha value is -1.72. The van der Waals surface area contributed by atoms with E-state index in [1.165, 1.54) is 9.75 Å². The summed E-state index contributed by atoms with van der Waals surface area (Å²) in [6.45, 7) is 4.86. The molecular formula is C17H19N3OS. The van der Waals surface area contributed by atoms with Gasteiger partial charge >= 0.3 is 0 Å². The van der Waals surface area contributed by atoms with Gasteiger partial charge in [0.2, 0.25) is 0 Å². The van der Waals surface area contributed by atoms with Crippen LogP contribution in [-0.2, 0) is 11.3 Å². The Kier molecular flexibility index (Phi) is 3.68. The molecular weight excluding hydrogens is 294 g/mol. The zero-order chi connectivity index (χ0) is 14.9. The predicted molar refractivity (Wildman–Crippen MR) is 89.1 cm³/mol. The molecule has 0 radical (unpaired) electrons. The first-order valence-electron chi connectivity index (χ1n) is 7.77. The van der Waals surface area contributed by atoms with Crippen molar-refractivity contribution in [3.63, 3.8) is 0 Å². The second kappa shape index (κ2) is 5.82. The van der Waals surface area contributed by atoms with Crippen LogP contribution in [-0.4, -0.2) is 27.7 Å². The molecule has 0 aromatic carbocycles. The number of thiophene rings is 1. The molecule has 1 aliphatic rings. The van der Waals surface area contributed by atoms with Crippen LogP contribution in [0.3, 0.4) is 0 Å². The van der Waals surface area contributed by atoms with Gasteiger partial charge in [-0.1, -0.05) is 0 Å². The van der Waals surface area contributed by atoms with Crippen molar-refractivity contribution in [3.05, 3.63) is 35.3 Å². The van der Waals surface area contributed by atoms with E-state index in [0.717, 1.165) is 49.6 Å². The molecule has 0 bridgehead atoms. The summed E-state index contributed by atoms with van der Waals surface area (Å²) in [6, 6.07) is 8.33. The smallest absolute Gasteiger partial charge is 0.160 e. The van der Waals surface area contributed by atoms with Crippen molar-refractivity contribution >= 4 is 22.5 Å². The fraction of sp³-hybridized carbons (Fsp3) is 0.412. The van der Waals surface area contributed by atoms with Crippen LogP contribution in [0.25, 0.3) is 21.9 Å². The summed E-state index contributed by atoms with van der Waals surface area (Å²) in [4.78, 5) is 12.0. The van der Waals surface area contributed by atoms with Crippen LogP contribution >= 0.6 is 11.3 Å². The van der Waals surface area contributed by atoms with E-state index in [9.17, 15) is 0 Å². The molecule has 1 saturated heterocycles. The maximum absolute atomic E-state index is 5.49. The van der Waals surface area contributed by atoms with Gasteiger partial charge in [-0.3, -0.25) is 0 Å². The highest BCUT2D eigenvalue weighted by Gasteiger charge is 2.20. The summed E-state index contributed by atoms with van der Waals surface area (Å²) in [7, 11) is 0. The first-order chi connectivity index (χ1) is 10.8. The molecule has 0 spiro atoms. The standard InChI is InChI=1S/C17H19N3OS/c1-12-4-5-15(22-12)17-19-14-3-2-8-18-16(14)20(17)11-13-6-9-21-10-7-13/h2-5,8,13H,6-7,9-11H2,1H3. The van der Waals surface area contributed by atoms with Crippen LogP contribution in [0.15, 0.2) is 30.5 Å². The fourth-order valence-electron chi connectivity index (χ4n) is 3.06. The third-order valence-corrected chi connectivity index (χ3v) is 5.24. The lowest BCUT2D eigenvalue weighted by molar-refractivity contribution is 0.0617. The summed E-state index contributed by atoms with van der Waals surface area (Å²) < 4.78 is 7.79. The summed E-state index contributed by atoms with van der Waals surface area (Å²) >= 11 is 1.80. The van der Waals surface area contributed by atoms with Crippen molar-refractivity contribution in [2.75, 3.05) is 13.2 Å². The van der Waals surface area contributed by atoms with Gasteiger partial charge in [-0.05, 0) is 49.9 Å². The normalized spacial score (nSPS) is 16.4. The first-order valence-corrected chi connectivity index (χ1v) is 8.59. The van der Waals surface area contributed by atoms with Crippen LogP contribution in [0.1, 0.15) is 17.7 Å². The van der Waals surface area contributed by atoms with E-state index >= 15 is 0 Å². The molecule has 4 heterocycles. The average Bonchev–Trinajstić information content (AvgIpc) is 3.13. The lowest BCUT2D eigenvalue weighted by Crippen LogP contribution is -2.20. The maximum atomic E-state index is 5.49. The summed E-state index contributed by atoms with van der Waals surface area (Å²) in [5, 5.41) is 0. The van der Waals surface area contributed by atoms with Crippen LogP contribution < -0.4 is 0 Å². The number of hydrogen-bond donors (Lipinski definition) is 0. The number of aromatic nitrogens is 3. The summed E-state index contributed by atoms with van der Waals surface area (Å²) in [5.74, 6) is 1.70. The van der Waals surface area contributed by atoms with Gasteiger partial charge in [-0.2, -0.15) is 0 Å². The molecule has 0 N–H and O–H groups in total. The number of aryl methyl sites for hydroxylation is 1. The van der Waals surface area contributed by atoms with Crippen molar-refractivity contribution in [1.82, 2.24) is 14.5 Å². The Bertz CT molecular complexity index is 786. The molecule has 4 nitrogen and oxygen atoms in total. The minimum atomic E-state index is 0.646. The van der Waals surface area contributed by atoms with Gasteiger partial charge in [0.05, 0.1) is 4.88 Å². The molecule has 22 heavy (non-hydrogen) atoms. The van der Waals surface area contributed by atoms with Gasteiger partial charge in [0, 0.05) is 30.8 Å². The SMILES string of the molecule is Cc1ccc(-c2nc3cccnc3n2CC2CCOCC2)s1. The molecule has 0 saturated carbocycles. The summed E-state index contributed by atoms with van der Waals surface area (Å²) in [6.07, 6.45) is 4.10. The van der Waals surface area contributed by atoms with Crippen LogP contribution in [0, 0.1) is 12.8 Å². The van der Waals surface area contributed by atoms with E-state index in [1.807, 2.05) is 18.3 Å². The highest BCUT2D eigenvalue weighted by atomic mass is 32.1. The maximum Gasteiger partial charge on any atom is 0.160 e. The lowest BCUT2D eigenvalue weighted by Gasteiger charge is -2.23. The second-order valence-corrected chi connectivity index (χ2v) is 7.15. The van der Waals surface area contributed by atoms with Crippen molar-refractivity contribution in [2.45, 2.75) is 26.3 Å². The molecule has 3 aromatic heterocycles. The highest BCUT2D eigenvalue weighted by Crippen LogP contribution is 2.31. The largest absolute Gasteiger partial charge is 0.381 e. The second-order valence-electron chi connectivity index (χ2n) is 5.86. The minimum absolute atomic E-state index is 0.646. The predicted octanol–water partition coefficient (Wildman–Crippen LogP) is 3.89. The molecule has 0 amide bonds. The molecule has 114 valence electrons. The number of rotatable bonds is 3. The van der Waals surface area contributed by atoms with Crippen molar-refractivity contribution < 1.29 is 4.74 Å². The Morgan fingerprint density at radius 3 is 2.91 bits per heavy atom. The zero-order valence-electron chi connectivity index (χ0n) is 12.7. The van der Waals surface area contributed by atoms with E-state index in [4.69, 9.17) is 9.72 Å². The van der Waals surface area contributed by atoms with Gasteiger partial charge in [-0.25, -0.2) is 9.97 Å². The lowest BCUT2D eigenvalue weighted by atomic mass is 10.0. The van der Waals surface area contributed by atoms with Gasteiger partial charge < -0.3 is 9.30 Å². The van der Waals surface area contributed by atoms with Crippen LogP contribution in [0.5, 0.6) is 0 Å². The fourth-order valence-corrected chi connectivity index (χ4v) is 3.93. The van der Waals surface area contributed by atoms with E-state index in [1.54, 1.807) is 11.3 Å². The molecule has 0 aliphatic carbocycles. The van der Waals surface area contributed by atoms with Gasteiger partial charge in [0.15, 0.2) is 11.5 Å². The number of pyridine rings is 1. The Labute approximate surface area is 133 Å². The Morgan fingerprint density at radius 2 is 2.14 bits per heavy atom. The summed E-state index contributed by atoms with van der Waals surface area (Å²) in [5.41, 5.74) is 1.98. The molecule has 5 heteroatoms. The Morgan fingerprint density at radius 1 is 1.27 bits per heavy atom. The van der Waals surface area contributed by atoms with Crippen molar-refractivity contribution in [3.8, 4) is 10.7 Å². The number of nitrogens with zero attached hydrogens (tertiary/aromatic N) is 3. The molecule has 0 atom stereocenters. The van der Waals surface area contributed by atoms with Gasteiger partial charge in [0.25, 0.3) is 0 Å². The van der Waals surface area contributed by atoms with E-state index < -0.39 is 0 Å². The molecule has 3 aromatic rings. The van der Waals surface area contributed by atoms with E-state index in [-0.39, 0.29) is 0 Å². The zero-order valence-corrected chi connectivity index (χ0v) is 13.5. The number of imidazole rings is 1. The van der Waals surface area contributed by atoms with Crippen molar-refractivity contribution in [2.24, 2.45) is 5.92 Å². The quantitative estimate of drug-likeness (QED) is 0.736. The van der Waals surface area contributed by atoms with Crippen LogP contribution in [0.4, 0.5) is 0 Å². The third-order valence-electron chi connectivity index (χ3n) is 4.25. The van der Waals surface area contributed by atoms with Crippen molar-refractivity contribution in [1.29, 1.82) is 0 Å². The van der Waals surface area contributed by atoms with E-state index in [2.05, 4.69) is 28.6 Å². The van der Waals surface area contributed by atoms with Crippen LogP contribution in [0.2, 0.25) is 0 Å². The third kappa shape index (κ3) is 2.55. The number of ether oxygens (including phenoxy) is 1. The van der Waals surface area contributed by atoms with Gasteiger partial charge in [-0.15, -0.1) is 11.3 Å². The molecule has 1 aliphatic heterocycles. The van der Waals surface area contributed by atoms with E-state index in [0.29, 0.717) is 5.92 Å². The minimum Gasteiger partial charge on any atom is -0.381 e. The topological polar surface area (TPSA) is 39.9 Å². The first kappa shape index (κ1) is 13.9. The average molecular weight is 313 g/mol.